The Morgan fingerprint density at radius 1 is 1.64 bits per heavy atom. The number of rotatable bonds is 5. The van der Waals surface area contributed by atoms with Crippen molar-refractivity contribution in [3.8, 4) is 0 Å². The lowest BCUT2D eigenvalue weighted by molar-refractivity contribution is 0.626. The Kier molecular flexibility index (Phi) is 2.87. The van der Waals surface area contributed by atoms with Crippen LogP contribution in [-0.2, 0) is 6.54 Å². The quantitative estimate of drug-likeness (QED) is 0.770. The number of hydrogen-bond acceptors (Lipinski definition) is 2. The van der Waals surface area contributed by atoms with Gasteiger partial charge in [0.05, 0.1) is 6.33 Å². The summed E-state index contributed by atoms with van der Waals surface area (Å²) in [7, 11) is 2.03. The molecule has 3 nitrogen and oxygen atoms in total. The van der Waals surface area contributed by atoms with Crippen LogP contribution in [0, 0.1) is 5.92 Å². The van der Waals surface area contributed by atoms with Gasteiger partial charge >= 0.3 is 0 Å². The van der Waals surface area contributed by atoms with Gasteiger partial charge in [-0.2, -0.15) is 0 Å². The summed E-state index contributed by atoms with van der Waals surface area (Å²) < 4.78 is 2.31. The van der Waals surface area contributed by atoms with Crippen molar-refractivity contribution in [1.82, 2.24) is 14.9 Å². The van der Waals surface area contributed by atoms with Crippen molar-refractivity contribution in [1.29, 1.82) is 0 Å². The molecule has 2 atom stereocenters. The van der Waals surface area contributed by atoms with Crippen molar-refractivity contribution >= 4 is 0 Å². The van der Waals surface area contributed by atoms with Gasteiger partial charge in [0, 0.05) is 24.4 Å². The Morgan fingerprint density at radius 2 is 2.50 bits per heavy atom. The van der Waals surface area contributed by atoms with Gasteiger partial charge in [-0.15, -0.1) is 0 Å². The number of nitrogens with one attached hydrogen (secondary N) is 1. The number of aromatic nitrogens is 2. The molecule has 2 unspecified atom stereocenters. The molecule has 2 rings (SSSR count). The number of nitrogens with zero attached hydrogens (tertiary/aromatic N) is 2. The third kappa shape index (κ3) is 1.82. The minimum Gasteiger partial charge on any atom is -0.334 e. The highest BCUT2D eigenvalue weighted by Crippen LogP contribution is 2.46. The van der Waals surface area contributed by atoms with Crippen LogP contribution < -0.4 is 5.32 Å². The molecule has 14 heavy (non-hydrogen) atoms. The zero-order valence-electron chi connectivity index (χ0n) is 9.03. The fraction of sp³-hybridized carbons (Fsp3) is 0.727. The third-order valence-corrected chi connectivity index (χ3v) is 2.98. The molecular weight excluding hydrogens is 174 g/mol. The van der Waals surface area contributed by atoms with Gasteiger partial charge in [0.25, 0.3) is 0 Å². The summed E-state index contributed by atoms with van der Waals surface area (Å²) in [6, 6.07) is 0. The van der Waals surface area contributed by atoms with E-state index >= 15 is 0 Å². The van der Waals surface area contributed by atoms with Crippen molar-refractivity contribution in [2.75, 3.05) is 13.6 Å². The monoisotopic (exact) mass is 193 g/mol. The van der Waals surface area contributed by atoms with Gasteiger partial charge in [0.2, 0.25) is 0 Å². The van der Waals surface area contributed by atoms with Crippen LogP contribution in [0.2, 0.25) is 0 Å². The Hall–Kier alpha value is -0.830. The van der Waals surface area contributed by atoms with Crippen LogP contribution in [0.5, 0.6) is 0 Å². The van der Waals surface area contributed by atoms with Crippen LogP contribution in [0.3, 0.4) is 0 Å². The molecule has 1 heterocycles. The van der Waals surface area contributed by atoms with E-state index in [1.165, 1.54) is 18.5 Å². The average Bonchev–Trinajstić information content (AvgIpc) is 2.77. The van der Waals surface area contributed by atoms with E-state index in [9.17, 15) is 0 Å². The highest BCUT2D eigenvalue weighted by atomic mass is 15.1. The van der Waals surface area contributed by atoms with Crippen LogP contribution in [-0.4, -0.2) is 23.1 Å². The number of aryl methyl sites for hydroxylation is 1. The Morgan fingerprint density at radius 3 is 3.21 bits per heavy atom. The normalized spacial score (nSPS) is 25.3. The molecule has 78 valence electrons. The maximum absolute atomic E-state index is 4.24. The first-order valence-electron chi connectivity index (χ1n) is 5.51. The summed E-state index contributed by atoms with van der Waals surface area (Å²) in [5, 5.41) is 3.24. The van der Waals surface area contributed by atoms with E-state index in [4.69, 9.17) is 0 Å². The molecular formula is C11H19N3. The molecule has 0 bridgehead atoms. The van der Waals surface area contributed by atoms with E-state index in [2.05, 4.69) is 21.8 Å². The van der Waals surface area contributed by atoms with Gasteiger partial charge < -0.3 is 9.88 Å². The highest BCUT2D eigenvalue weighted by molar-refractivity contribution is 5.16. The molecule has 0 radical (unpaired) electrons. The van der Waals surface area contributed by atoms with Crippen molar-refractivity contribution in [2.45, 2.75) is 32.2 Å². The lowest BCUT2D eigenvalue weighted by Gasteiger charge is -2.05. The van der Waals surface area contributed by atoms with Crippen molar-refractivity contribution < 1.29 is 0 Å². The standard InChI is InChI=1S/C11H19N3/c1-3-4-14-8-13-7-11(14)10-5-9(10)6-12-2/h7-10,12H,3-6H2,1-2H3. The summed E-state index contributed by atoms with van der Waals surface area (Å²) in [6.07, 6.45) is 6.52. The van der Waals surface area contributed by atoms with Gasteiger partial charge in [-0.25, -0.2) is 4.98 Å². The minimum absolute atomic E-state index is 0.761. The first-order valence-corrected chi connectivity index (χ1v) is 5.51. The average molecular weight is 193 g/mol. The van der Waals surface area contributed by atoms with Crippen LogP contribution in [0.25, 0.3) is 0 Å². The predicted molar refractivity (Wildman–Crippen MR) is 57.3 cm³/mol. The molecule has 3 heteroatoms. The van der Waals surface area contributed by atoms with Crippen LogP contribution >= 0.6 is 0 Å². The lowest BCUT2D eigenvalue weighted by atomic mass is 10.2. The van der Waals surface area contributed by atoms with Crippen LogP contribution in [0.4, 0.5) is 0 Å². The zero-order chi connectivity index (χ0) is 9.97. The molecule has 0 amide bonds. The fourth-order valence-electron chi connectivity index (χ4n) is 2.17. The molecule has 1 aromatic heterocycles. The molecule has 0 saturated heterocycles. The summed E-state index contributed by atoms with van der Waals surface area (Å²) in [6.45, 7) is 4.46. The van der Waals surface area contributed by atoms with Gasteiger partial charge in [-0.3, -0.25) is 0 Å². The number of imidazole rings is 1. The van der Waals surface area contributed by atoms with Gasteiger partial charge in [0.15, 0.2) is 0 Å². The van der Waals surface area contributed by atoms with Crippen molar-refractivity contribution in [3.05, 3.63) is 18.2 Å². The summed E-state index contributed by atoms with van der Waals surface area (Å²) in [4.78, 5) is 4.24. The second-order valence-corrected chi connectivity index (χ2v) is 4.17. The second-order valence-electron chi connectivity index (χ2n) is 4.17. The van der Waals surface area contributed by atoms with Crippen LogP contribution in [0.15, 0.2) is 12.5 Å². The largest absolute Gasteiger partial charge is 0.334 e. The molecule has 0 aliphatic heterocycles. The van der Waals surface area contributed by atoms with E-state index in [1.807, 2.05) is 19.6 Å². The molecule has 0 aromatic carbocycles. The first-order chi connectivity index (χ1) is 6.86. The minimum atomic E-state index is 0.761. The molecule has 1 fully saturated rings. The molecule has 1 aliphatic carbocycles. The molecule has 1 aliphatic rings. The smallest absolute Gasteiger partial charge is 0.0948 e. The Balaban J connectivity index is 1.99. The third-order valence-electron chi connectivity index (χ3n) is 2.98. The van der Waals surface area contributed by atoms with Crippen LogP contribution in [0.1, 0.15) is 31.4 Å². The predicted octanol–water partition coefficient (Wildman–Crippen LogP) is 1.62. The highest BCUT2D eigenvalue weighted by Gasteiger charge is 2.39. The lowest BCUT2D eigenvalue weighted by Crippen LogP contribution is -2.11. The SMILES string of the molecule is CCCn1cncc1C1CC1CNC. The first kappa shape index (κ1) is 9.71. The van der Waals surface area contributed by atoms with E-state index in [1.54, 1.807) is 0 Å². The maximum Gasteiger partial charge on any atom is 0.0948 e. The Bertz CT molecular complexity index is 292. The van der Waals surface area contributed by atoms with E-state index < -0.39 is 0 Å². The summed E-state index contributed by atoms with van der Waals surface area (Å²) in [5.41, 5.74) is 1.44. The Labute approximate surface area is 85.5 Å². The topological polar surface area (TPSA) is 29.9 Å². The van der Waals surface area contributed by atoms with Gasteiger partial charge in [-0.1, -0.05) is 6.92 Å². The summed E-state index contributed by atoms with van der Waals surface area (Å²) in [5.74, 6) is 1.60. The fourth-order valence-corrected chi connectivity index (χ4v) is 2.17. The molecule has 1 saturated carbocycles. The van der Waals surface area contributed by atoms with Gasteiger partial charge in [-0.05, 0) is 32.4 Å². The van der Waals surface area contributed by atoms with Crippen molar-refractivity contribution in [3.63, 3.8) is 0 Å². The molecule has 1 aromatic rings. The number of hydrogen-bond donors (Lipinski definition) is 1. The molecule has 1 N–H and O–H groups in total. The maximum atomic E-state index is 4.24. The molecule has 0 spiro atoms. The van der Waals surface area contributed by atoms with E-state index in [-0.39, 0.29) is 0 Å². The second kappa shape index (κ2) is 4.13. The van der Waals surface area contributed by atoms with E-state index in [0.29, 0.717) is 0 Å². The van der Waals surface area contributed by atoms with E-state index in [0.717, 1.165) is 24.9 Å². The van der Waals surface area contributed by atoms with Gasteiger partial charge in [0.1, 0.15) is 0 Å². The zero-order valence-corrected chi connectivity index (χ0v) is 9.03. The summed E-state index contributed by atoms with van der Waals surface area (Å²) >= 11 is 0. The van der Waals surface area contributed by atoms with Crippen molar-refractivity contribution in [2.24, 2.45) is 5.92 Å².